The summed E-state index contributed by atoms with van der Waals surface area (Å²) in [5.41, 5.74) is 2.73. The van der Waals surface area contributed by atoms with Crippen LogP contribution in [0.2, 0.25) is 0 Å². The number of nitrogens with zero attached hydrogens (tertiary/aromatic N) is 2. The highest BCUT2D eigenvalue weighted by molar-refractivity contribution is 5.94. The van der Waals surface area contributed by atoms with Crippen LogP contribution >= 0.6 is 0 Å². The maximum atomic E-state index is 12.7. The summed E-state index contributed by atoms with van der Waals surface area (Å²) >= 11 is 0. The normalized spacial score (nSPS) is 15.3. The van der Waals surface area contributed by atoms with Crippen LogP contribution in [0.25, 0.3) is 10.9 Å². The van der Waals surface area contributed by atoms with E-state index in [1.807, 2.05) is 36.1 Å². The van der Waals surface area contributed by atoms with Crippen LogP contribution in [-0.4, -0.2) is 40.1 Å². The Morgan fingerprint density at radius 3 is 2.70 bits per heavy atom. The lowest BCUT2D eigenvalue weighted by molar-refractivity contribution is 0.0707. The molecule has 4 rings (SSSR count). The van der Waals surface area contributed by atoms with Crippen molar-refractivity contribution in [2.24, 2.45) is 0 Å². The number of fused-ring (bicyclic) bond motifs is 1. The quantitative estimate of drug-likeness (QED) is 0.744. The lowest BCUT2D eigenvalue weighted by atomic mass is 10.0. The first-order valence-electron chi connectivity index (χ1n) is 9.13. The van der Waals surface area contributed by atoms with E-state index in [1.54, 1.807) is 13.0 Å². The Kier molecular flexibility index (Phi) is 4.43. The van der Waals surface area contributed by atoms with Crippen molar-refractivity contribution >= 4 is 22.5 Å². The minimum atomic E-state index is -0.124. The third-order valence-corrected chi connectivity index (χ3v) is 5.25. The number of hydrogen-bond donors (Lipinski definition) is 2. The predicted molar refractivity (Wildman–Crippen MR) is 103 cm³/mol. The van der Waals surface area contributed by atoms with Gasteiger partial charge in [-0.3, -0.25) is 9.59 Å². The molecule has 0 unspecified atom stereocenters. The fraction of sp³-hybridized carbons (Fsp3) is 0.350. The molecule has 0 radical (unpaired) electrons. The molecule has 0 atom stereocenters. The average molecular weight is 366 g/mol. The van der Waals surface area contributed by atoms with Gasteiger partial charge in [0.15, 0.2) is 5.69 Å². The third-order valence-electron chi connectivity index (χ3n) is 5.25. The number of H-pyrrole nitrogens is 1. The van der Waals surface area contributed by atoms with Crippen molar-refractivity contribution < 1.29 is 9.32 Å². The van der Waals surface area contributed by atoms with Crippen molar-refractivity contribution in [2.75, 3.05) is 18.4 Å². The number of para-hydroxylation sites is 1. The summed E-state index contributed by atoms with van der Waals surface area (Å²) in [4.78, 5) is 29.2. The Morgan fingerprint density at radius 1 is 1.26 bits per heavy atom. The number of benzene rings is 1. The second kappa shape index (κ2) is 6.90. The molecule has 140 valence electrons. The van der Waals surface area contributed by atoms with E-state index < -0.39 is 0 Å². The molecule has 1 aromatic carbocycles. The number of hydrogen-bond acceptors (Lipinski definition) is 5. The summed E-state index contributed by atoms with van der Waals surface area (Å²) in [7, 11) is 0. The summed E-state index contributed by atoms with van der Waals surface area (Å²) in [5, 5.41) is 8.38. The van der Waals surface area contributed by atoms with Crippen LogP contribution in [-0.2, 0) is 0 Å². The molecular weight excluding hydrogens is 344 g/mol. The number of anilines is 1. The van der Waals surface area contributed by atoms with Gasteiger partial charge in [0.05, 0.1) is 5.52 Å². The van der Waals surface area contributed by atoms with E-state index in [0.29, 0.717) is 24.5 Å². The van der Waals surface area contributed by atoms with Crippen LogP contribution in [0.3, 0.4) is 0 Å². The molecule has 0 saturated carbocycles. The topological polar surface area (TPSA) is 91.2 Å². The van der Waals surface area contributed by atoms with Crippen LogP contribution in [0, 0.1) is 13.8 Å². The maximum absolute atomic E-state index is 12.7. The lowest BCUT2D eigenvalue weighted by Crippen LogP contribution is -2.42. The zero-order valence-electron chi connectivity index (χ0n) is 15.4. The number of piperidine rings is 1. The van der Waals surface area contributed by atoms with Gasteiger partial charge < -0.3 is 19.7 Å². The van der Waals surface area contributed by atoms with Crippen LogP contribution in [0.4, 0.5) is 5.69 Å². The van der Waals surface area contributed by atoms with E-state index in [2.05, 4.69) is 15.5 Å². The zero-order valence-corrected chi connectivity index (χ0v) is 15.4. The molecule has 1 aliphatic heterocycles. The largest absolute Gasteiger partial charge is 0.381 e. The van der Waals surface area contributed by atoms with Gasteiger partial charge in [-0.15, -0.1) is 0 Å². The summed E-state index contributed by atoms with van der Waals surface area (Å²) in [6.07, 6.45) is 1.62. The van der Waals surface area contributed by atoms with Crippen LogP contribution in [0.1, 0.15) is 34.7 Å². The number of aromatic nitrogens is 2. The number of likely N-dealkylation sites (tertiary alicyclic amines) is 1. The summed E-state index contributed by atoms with van der Waals surface area (Å²) < 4.78 is 5.12. The molecule has 1 fully saturated rings. The van der Waals surface area contributed by atoms with Gasteiger partial charge in [0, 0.05) is 41.8 Å². The smallest absolute Gasteiger partial charge is 0.276 e. The van der Waals surface area contributed by atoms with Gasteiger partial charge in [-0.25, -0.2) is 0 Å². The molecule has 0 aliphatic carbocycles. The molecule has 1 saturated heterocycles. The molecule has 27 heavy (non-hydrogen) atoms. The highest BCUT2D eigenvalue weighted by atomic mass is 16.5. The van der Waals surface area contributed by atoms with Crippen molar-refractivity contribution in [3.63, 3.8) is 0 Å². The van der Waals surface area contributed by atoms with E-state index in [9.17, 15) is 9.59 Å². The first-order chi connectivity index (χ1) is 13.0. The summed E-state index contributed by atoms with van der Waals surface area (Å²) in [6, 6.07) is 9.54. The van der Waals surface area contributed by atoms with Gasteiger partial charge >= 0.3 is 0 Å². The molecule has 7 heteroatoms. The Morgan fingerprint density at radius 2 is 2.00 bits per heavy atom. The van der Waals surface area contributed by atoms with Crippen molar-refractivity contribution in [1.82, 2.24) is 15.0 Å². The average Bonchev–Trinajstić information content (AvgIpc) is 3.00. The van der Waals surface area contributed by atoms with Crippen molar-refractivity contribution in [3.05, 3.63) is 57.7 Å². The van der Waals surface area contributed by atoms with Gasteiger partial charge in [-0.2, -0.15) is 0 Å². The predicted octanol–water partition coefficient (Wildman–Crippen LogP) is 2.85. The van der Waals surface area contributed by atoms with Crippen molar-refractivity contribution in [2.45, 2.75) is 32.7 Å². The summed E-state index contributed by atoms with van der Waals surface area (Å²) in [6.45, 7) is 4.94. The Balaban J connectivity index is 1.45. The molecule has 7 nitrogen and oxygen atoms in total. The minimum absolute atomic E-state index is 0.0793. The molecule has 3 aromatic rings. The standard InChI is InChI=1S/C20H22N4O3/c1-12-13(2)27-23-19(12)20(26)24-9-7-14(8-10-24)21-17-11-18(25)22-16-6-4-3-5-15(16)17/h3-6,11,14H,7-10H2,1-2H3,(H2,21,22,25). The monoisotopic (exact) mass is 366 g/mol. The molecule has 0 spiro atoms. The second-order valence-electron chi connectivity index (χ2n) is 7.02. The number of pyridine rings is 1. The molecular formula is C20H22N4O3. The molecule has 3 heterocycles. The first-order valence-corrected chi connectivity index (χ1v) is 9.13. The van der Waals surface area contributed by atoms with E-state index in [0.717, 1.165) is 35.0 Å². The Labute approximate surface area is 156 Å². The van der Waals surface area contributed by atoms with Gasteiger partial charge in [-0.1, -0.05) is 23.4 Å². The van der Waals surface area contributed by atoms with Crippen LogP contribution in [0.5, 0.6) is 0 Å². The second-order valence-corrected chi connectivity index (χ2v) is 7.02. The number of carbonyl (C=O) groups excluding carboxylic acids is 1. The molecule has 2 aromatic heterocycles. The van der Waals surface area contributed by atoms with Crippen LogP contribution < -0.4 is 10.9 Å². The van der Waals surface area contributed by atoms with Crippen LogP contribution in [0.15, 0.2) is 39.6 Å². The third kappa shape index (κ3) is 3.32. The Hall–Kier alpha value is -3.09. The molecule has 0 bridgehead atoms. The Bertz CT molecular complexity index is 1040. The number of aryl methyl sites for hydroxylation is 1. The minimum Gasteiger partial charge on any atom is -0.381 e. The van der Waals surface area contributed by atoms with E-state index in [4.69, 9.17) is 4.52 Å². The number of nitrogens with one attached hydrogen (secondary N) is 2. The zero-order chi connectivity index (χ0) is 19.0. The van der Waals surface area contributed by atoms with Gasteiger partial charge in [-0.05, 0) is 32.8 Å². The van der Waals surface area contributed by atoms with Gasteiger partial charge in [0.25, 0.3) is 5.91 Å². The fourth-order valence-electron chi connectivity index (χ4n) is 3.54. The summed E-state index contributed by atoms with van der Waals surface area (Å²) in [5.74, 6) is 0.598. The molecule has 1 aliphatic rings. The molecule has 2 N–H and O–H groups in total. The molecule has 1 amide bonds. The van der Waals surface area contributed by atoms with E-state index in [1.165, 1.54) is 0 Å². The number of amides is 1. The number of carbonyl (C=O) groups is 1. The van der Waals surface area contributed by atoms with E-state index in [-0.39, 0.29) is 17.5 Å². The maximum Gasteiger partial charge on any atom is 0.276 e. The first kappa shape index (κ1) is 17.3. The van der Waals surface area contributed by atoms with Crippen molar-refractivity contribution in [3.8, 4) is 0 Å². The van der Waals surface area contributed by atoms with E-state index >= 15 is 0 Å². The van der Waals surface area contributed by atoms with Crippen molar-refractivity contribution in [1.29, 1.82) is 0 Å². The van der Waals surface area contributed by atoms with Gasteiger partial charge in [0.1, 0.15) is 5.76 Å². The van der Waals surface area contributed by atoms with Gasteiger partial charge in [0.2, 0.25) is 5.56 Å². The highest BCUT2D eigenvalue weighted by Gasteiger charge is 2.27. The SMILES string of the molecule is Cc1onc(C(=O)N2CCC(Nc3cc(=O)[nH]c4ccccc34)CC2)c1C. The number of rotatable bonds is 3. The fourth-order valence-corrected chi connectivity index (χ4v) is 3.54. The lowest BCUT2D eigenvalue weighted by Gasteiger charge is -2.32. The highest BCUT2D eigenvalue weighted by Crippen LogP contribution is 2.24. The number of aromatic amines is 1.